The molecule has 13 heteroatoms. The zero-order valence-corrected chi connectivity index (χ0v) is 15.9. The molecule has 2 amide bonds. The molecule has 1 saturated heterocycles. The lowest BCUT2D eigenvalue weighted by atomic mass is 10.2. The minimum atomic E-state index is -3.56. The second-order valence-corrected chi connectivity index (χ2v) is 8.16. The minimum Gasteiger partial charge on any atom is -0.284 e. The van der Waals surface area contributed by atoms with Gasteiger partial charge in [0.1, 0.15) is 0 Å². The molecule has 1 unspecified atom stereocenters. The number of nitro benzene ring substituents is 1. The van der Waals surface area contributed by atoms with Gasteiger partial charge < -0.3 is 0 Å². The number of urea groups is 1. The Morgan fingerprint density at radius 3 is 2.44 bits per heavy atom. The van der Waals surface area contributed by atoms with E-state index >= 15 is 0 Å². The average Bonchev–Trinajstić information content (AvgIpc) is 2.54. The normalized spacial score (nSPS) is 20.4. The van der Waals surface area contributed by atoms with Gasteiger partial charge in [-0.3, -0.25) is 24.9 Å². The molecule has 2 N–H and O–H groups in total. The van der Waals surface area contributed by atoms with E-state index < -0.39 is 18.5 Å². The molecule has 0 saturated carbocycles. The third-order valence-corrected chi connectivity index (χ3v) is 6.26. The Morgan fingerprint density at radius 2 is 1.92 bits per heavy atom. The Kier molecular flexibility index (Phi) is 6.59. The van der Waals surface area contributed by atoms with E-state index in [4.69, 9.17) is 35.4 Å². The van der Waals surface area contributed by atoms with Crippen molar-refractivity contribution in [3.63, 3.8) is 0 Å². The molecule has 0 aliphatic carbocycles. The highest BCUT2D eigenvalue weighted by Gasteiger charge is 2.41. The van der Waals surface area contributed by atoms with Crippen LogP contribution in [-0.4, -0.2) is 45.6 Å². The molecular weight excluding hydrogens is 412 g/mol. The number of amides is 2. The summed E-state index contributed by atoms with van der Waals surface area (Å²) in [6.45, 7) is 0.441. The van der Waals surface area contributed by atoms with Crippen molar-refractivity contribution in [2.24, 2.45) is 0 Å². The number of non-ortho nitro benzene ring substituents is 1. The van der Waals surface area contributed by atoms with E-state index in [1.807, 2.05) is 0 Å². The van der Waals surface area contributed by atoms with Crippen molar-refractivity contribution in [1.82, 2.24) is 14.8 Å². The number of carbonyl (C=O) groups is 1. The quantitative estimate of drug-likeness (QED) is 0.227. The number of nitro groups is 1. The standard InChI is InChI=1S/C12H14Cl2N5O4PS/c13-4-6-17(7-5-14)24(23)15-11(20)18(12(25)16-24)9-2-1-3-10(8-9)19(21)22/h1-3,8H,4-7H2,(H2,15,16,20,23,25). The SMILES string of the molecule is O=C1NP(=O)(N(CCCl)CCCl)NC(=S)N1c1cccc([N+](=O)[O-])c1. The molecule has 1 atom stereocenters. The molecule has 1 fully saturated rings. The molecule has 1 aromatic carbocycles. The van der Waals surface area contributed by atoms with Gasteiger partial charge in [0.2, 0.25) is 0 Å². The van der Waals surface area contributed by atoms with Crippen molar-refractivity contribution in [2.75, 3.05) is 29.7 Å². The maximum atomic E-state index is 13.0. The maximum Gasteiger partial charge on any atom is 0.336 e. The minimum absolute atomic E-state index is 0.137. The fraction of sp³-hybridized carbons (Fsp3) is 0.333. The number of thiocarbonyl (C=S) groups is 1. The molecule has 1 aromatic rings. The van der Waals surface area contributed by atoms with Gasteiger partial charge in [0, 0.05) is 37.0 Å². The van der Waals surface area contributed by atoms with E-state index in [1.165, 1.54) is 28.9 Å². The fourth-order valence-corrected chi connectivity index (χ4v) is 5.21. The molecule has 25 heavy (non-hydrogen) atoms. The highest BCUT2D eigenvalue weighted by Crippen LogP contribution is 2.44. The third-order valence-electron chi connectivity index (χ3n) is 3.28. The summed E-state index contributed by atoms with van der Waals surface area (Å²) < 4.78 is 14.4. The van der Waals surface area contributed by atoms with Crippen molar-refractivity contribution in [3.8, 4) is 0 Å². The molecule has 2 rings (SSSR count). The topological polar surface area (TPSA) is 108 Å². The van der Waals surface area contributed by atoms with Crippen LogP contribution in [0.5, 0.6) is 0 Å². The number of hydrogen-bond acceptors (Lipinski definition) is 5. The Balaban J connectivity index is 2.29. The van der Waals surface area contributed by atoms with Gasteiger partial charge in [0.15, 0.2) is 5.11 Å². The summed E-state index contributed by atoms with van der Waals surface area (Å²) in [7, 11) is -3.56. The average molecular weight is 426 g/mol. The van der Waals surface area contributed by atoms with E-state index in [9.17, 15) is 19.5 Å². The molecule has 136 valence electrons. The zero-order valence-electron chi connectivity index (χ0n) is 12.7. The van der Waals surface area contributed by atoms with Crippen LogP contribution in [0.15, 0.2) is 24.3 Å². The summed E-state index contributed by atoms with van der Waals surface area (Å²) in [5, 5.41) is 15.7. The summed E-state index contributed by atoms with van der Waals surface area (Å²) in [6.07, 6.45) is 0. The van der Waals surface area contributed by atoms with Crippen LogP contribution in [0.25, 0.3) is 0 Å². The van der Waals surface area contributed by atoms with Crippen molar-refractivity contribution < 1.29 is 14.3 Å². The van der Waals surface area contributed by atoms with Crippen LogP contribution in [0, 0.1) is 10.1 Å². The molecule has 1 aliphatic heterocycles. The highest BCUT2D eigenvalue weighted by molar-refractivity contribution is 7.81. The number of halogens is 2. The van der Waals surface area contributed by atoms with E-state index in [1.54, 1.807) is 0 Å². The van der Waals surface area contributed by atoms with Gasteiger partial charge in [-0.05, 0) is 18.3 Å². The molecule has 0 spiro atoms. The first kappa shape index (κ1) is 19.9. The second kappa shape index (κ2) is 8.29. The summed E-state index contributed by atoms with van der Waals surface area (Å²) in [5.74, 6) is 0.361. The molecule has 1 heterocycles. The molecule has 1 aliphatic rings. The Labute approximate surface area is 158 Å². The Bertz CT molecular complexity index is 724. The number of carbonyl (C=O) groups excluding carboxylic acids is 1. The number of nitrogens with zero attached hydrogens (tertiary/aromatic N) is 3. The number of alkyl halides is 2. The fourth-order valence-electron chi connectivity index (χ4n) is 2.19. The van der Waals surface area contributed by atoms with Crippen molar-refractivity contribution in [2.45, 2.75) is 0 Å². The number of benzene rings is 1. The van der Waals surface area contributed by atoms with Gasteiger partial charge in [-0.25, -0.2) is 14.4 Å². The second-order valence-electron chi connectivity index (χ2n) is 4.85. The highest BCUT2D eigenvalue weighted by atomic mass is 35.5. The van der Waals surface area contributed by atoms with Gasteiger partial charge in [0.05, 0.1) is 10.6 Å². The molecule has 0 bridgehead atoms. The van der Waals surface area contributed by atoms with Gasteiger partial charge in [0.25, 0.3) is 5.69 Å². The first-order chi connectivity index (χ1) is 11.8. The van der Waals surface area contributed by atoms with Crippen LogP contribution in [0.3, 0.4) is 0 Å². The van der Waals surface area contributed by atoms with Gasteiger partial charge in [-0.2, -0.15) is 0 Å². The Morgan fingerprint density at radius 1 is 1.28 bits per heavy atom. The number of rotatable bonds is 7. The van der Waals surface area contributed by atoms with Crippen LogP contribution >= 0.6 is 43.0 Å². The summed E-state index contributed by atoms with van der Waals surface area (Å²) in [5.41, 5.74) is -0.0237. The lowest BCUT2D eigenvalue weighted by Crippen LogP contribution is -2.57. The van der Waals surface area contributed by atoms with E-state index in [0.29, 0.717) is 0 Å². The molecular formula is C12H14Cl2N5O4PS. The lowest BCUT2D eigenvalue weighted by molar-refractivity contribution is -0.384. The summed E-state index contributed by atoms with van der Waals surface area (Å²) in [4.78, 5) is 23.8. The zero-order chi connectivity index (χ0) is 18.6. The lowest BCUT2D eigenvalue weighted by Gasteiger charge is -2.39. The predicted molar refractivity (Wildman–Crippen MR) is 100 cm³/mol. The van der Waals surface area contributed by atoms with Crippen LogP contribution in [0.2, 0.25) is 0 Å². The van der Waals surface area contributed by atoms with E-state index in [2.05, 4.69) is 10.2 Å². The summed E-state index contributed by atoms with van der Waals surface area (Å²) >= 11 is 16.6. The van der Waals surface area contributed by atoms with Crippen molar-refractivity contribution in [3.05, 3.63) is 34.4 Å². The van der Waals surface area contributed by atoms with Gasteiger partial charge in [-0.1, -0.05) is 6.07 Å². The van der Waals surface area contributed by atoms with Crippen LogP contribution in [0.4, 0.5) is 16.2 Å². The van der Waals surface area contributed by atoms with E-state index in [-0.39, 0.29) is 41.3 Å². The smallest absolute Gasteiger partial charge is 0.284 e. The van der Waals surface area contributed by atoms with Crippen molar-refractivity contribution >= 4 is 65.5 Å². The Hall–Kier alpha value is -1.45. The largest absolute Gasteiger partial charge is 0.336 e. The molecule has 9 nitrogen and oxygen atoms in total. The third kappa shape index (κ3) is 4.39. The van der Waals surface area contributed by atoms with Crippen LogP contribution in [0.1, 0.15) is 0 Å². The first-order valence-corrected chi connectivity index (χ1v) is 10.1. The monoisotopic (exact) mass is 425 g/mol. The van der Waals surface area contributed by atoms with Crippen molar-refractivity contribution in [1.29, 1.82) is 0 Å². The summed E-state index contributed by atoms with van der Waals surface area (Å²) in [6, 6.07) is 4.62. The first-order valence-electron chi connectivity index (χ1n) is 6.99. The van der Waals surface area contributed by atoms with E-state index in [0.717, 1.165) is 4.90 Å². The van der Waals surface area contributed by atoms with Crippen LogP contribution < -0.4 is 15.1 Å². The number of hydrogen-bond donors (Lipinski definition) is 2. The molecule has 0 aromatic heterocycles. The van der Waals surface area contributed by atoms with Gasteiger partial charge in [-0.15, -0.1) is 23.2 Å². The van der Waals surface area contributed by atoms with Crippen LogP contribution in [-0.2, 0) is 4.57 Å². The number of nitrogens with one attached hydrogen (secondary N) is 2. The van der Waals surface area contributed by atoms with Gasteiger partial charge >= 0.3 is 13.6 Å². The predicted octanol–water partition coefficient (Wildman–Crippen LogP) is 2.89. The molecule has 0 radical (unpaired) electrons. The number of anilines is 1. The maximum absolute atomic E-state index is 13.0.